The summed E-state index contributed by atoms with van der Waals surface area (Å²) in [6, 6.07) is 2.09. The normalized spacial score (nSPS) is 28.9. The van der Waals surface area contributed by atoms with E-state index in [-0.39, 0.29) is 5.54 Å². The van der Waals surface area contributed by atoms with Crippen LogP contribution in [0, 0.1) is 5.41 Å². The fourth-order valence-corrected chi connectivity index (χ4v) is 2.85. The quantitative estimate of drug-likeness (QED) is 0.801. The summed E-state index contributed by atoms with van der Waals surface area (Å²) >= 11 is 0. The van der Waals surface area contributed by atoms with Gasteiger partial charge in [-0.05, 0) is 37.2 Å². The molecule has 1 unspecified atom stereocenters. The van der Waals surface area contributed by atoms with E-state index < -0.39 is 0 Å². The molecule has 0 bridgehead atoms. The van der Waals surface area contributed by atoms with Gasteiger partial charge in [-0.15, -0.1) is 0 Å². The molecule has 0 spiro atoms. The zero-order valence-corrected chi connectivity index (χ0v) is 11.4. The summed E-state index contributed by atoms with van der Waals surface area (Å²) in [6.45, 7) is 4.72. The van der Waals surface area contributed by atoms with E-state index in [0.29, 0.717) is 5.41 Å². The SMILES string of the molecule is Cn1ccc(CC2(N)CCCC(C)(C)CC2)n1. The molecule has 3 nitrogen and oxygen atoms in total. The van der Waals surface area contributed by atoms with Gasteiger partial charge in [0.1, 0.15) is 0 Å². The van der Waals surface area contributed by atoms with Gasteiger partial charge in [-0.3, -0.25) is 4.68 Å². The van der Waals surface area contributed by atoms with Crippen molar-refractivity contribution < 1.29 is 0 Å². The van der Waals surface area contributed by atoms with Crippen molar-refractivity contribution in [2.24, 2.45) is 18.2 Å². The Bertz CT molecular complexity index is 381. The first-order valence-electron chi connectivity index (χ1n) is 6.66. The standard InChI is InChI=1S/C14H25N3/c1-13(2)6-4-7-14(15,9-8-13)11-12-5-10-17(3)16-12/h5,10H,4,6-9,11,15H2,1-3H3. The molecule has 0 aromatic carbocycles. The topological polar surface area (TPSA) is 43.8 Å². The Kier molecular flexibility index (Phi) is 3.30. The average molecular weight is 235 g/mol. The zero-order chi connectivity index (χ0) is 12.5. The maximum absolute atomic E-state index is 6.57. The molecule has 1 heterocycles. The van der Waals surface area contributed by atoms with Crippen molar-refractivity contribution in [1.29, 1.82) is 0 Å². The van der Waals surface area contributed by atoms with Crippen molar-refractivity contribution in [3.63, 3.8) is 0 Å². The van der Waals surface area contributed by atoms with Gasteiger partial charge in [0.25, 0.3) is 0 Å². The van der Waals surface area contributed by atoms with Crippen molar-refractivity contribution in [2.75, 3.05) is 0 Å². The Hall–Kier alpha value is -0.830. The molecule has 1 aliphatic rings. The van der Waals surface area contributed by atoms with Crippen molar-refractivity contribution in [3.8, 4) is 0 Å². The van der Waals surface area contributed by atoms with E-state index in [2.05, 4.69) is 25.0 Å². The minimum atomic E-state index is -0.0396. The van der Waals surface area contributed by atoms with Crippen molar-refractivity contribution >= 4 is 0 Å². The molecular weight excluding hydrogens is 210 g/mol. The molecular formula is C14H25N3. The second kappa shape index (κ2) is 4.45. The third-order valence-corrected chi connectivity index (χ3v) is 4.13. The predicted octanol–water partition coefficient (Wildman–Crippen LogP) is 2.65. The maximum Gasteiger partial charge on any atom is 0.0642 e. The van der Waals surface area contributed by atoms with Gasteiger partial charge < -0.3 is 5.73 Å². The molecule has 1 atom stereocenters. The van der Waals surface area contributed by atoms with Gasteiger partial charge in [0.05, 0.1) is 5.69 Å². The third-order valence-electron chi connectivity index (χ3n) is 4.13. The van der Waals surface area contributed by atoms with Gasteiger partial charge in [-0.2, -0.15) is 5.10 Å². The van der Waals surface area contributed by atoms with E-state index in [4.69, 9.17) is 5.73 Å². The van der Waals surface area contributed by atoms with Crippen LogP contribution in [0.1, 0.15) is 51.6 Å². The highest BCUT2D eigenvalue weighted by Gasteiger charge is 2.33. The second-order valence-electron chi connectivity index (χ2n) is 6.54. The number of rotatable bonds is 2. The monoisotopic (exact) mass is 235 g/mol. The highest BCUT2D eigenvalue weighted by atomic mass is 15.2. The molecule has 3 heteroatoms. The molecule has 1 aromatic rings. The van der Waals surface area contributed by atoms with Crippen LogP contribution in [0.3, 0.4) is 0 Å². The molecule has 0 aliphatic heterocycles. The van der Waals surface area contributed by atoms with Crippen molar-refractivity contribution in [3.05, 3.63) is 18.0 Å². The number of nitrogens with two attached hydrogens (primary N) is 1. The van der Waals surface area contributed by atoms with Gasteiger partial charge in [0, 0.05) is 25.2 Å². The summed E-state index contributed by atoms with van der Waals surface area (Å²) in [7, 11) is 1.96. The van der Waals surface area contributed by atoms with Crippen LogP contribution < -0.4 is 5.73 Å². The fraction of sp³-hybridized carbons (Fsp3) is 0.786. The van der Waals surface area contributed by atoms with E-state index in [0.717, 1.165) is 25.0 Å². The maximum atomic E-state index is 6.57. The Balaban J connectivity index is 2.03. The number of aromatic nitrogens is 2. The highest BCUT2D eigenvalue weighted by molar-refractivity contribution is 5.06. The minimum Gasteiger partial charge on any atom is -0.325 e. The smallest absolute Gasteiger partial charge is 0.0642 e. The minimum absolute atomic E-state index is 0.0396. The van der Waals surface area contributed by atoms with Gasteiger partial charge in [0.2, 0.25) is 0 Å². The summed E-state index contributed by atoms with van der Waals surface area (Å²) in [5.74, 6) is 0. The van der Waals surface area contributed by atoms with Crippen LogP contribution in [-0.4, -0.2) is 15.3 Å². The zero-order valence-electron chi connectivity index (χ0n) is 11.4. The summed E-state index contributed by atoms with van der Waals surface area (Å²) in [6.07, 6.45) is 8.95. The third kappa shape index (κ3) is 3.32. The van der Waals surface area contributed by atoms with Crippen LogP contribution in [0.5, 0.6) is 0 Å². The first kappa shape index (κ1) is 12.6. The molecule has 1 aliphatic carbocycles. The molecule has 0 radical (unpaired) electrons. The van der Waals surface area contributed by atoms with E-state index in [1.807, 2.05) is 17.9 Å². The molecule has 2 N–H and O–H groups in total. The number of hydrogen-bond donors (Lipinski definition) is 1. The van der Waals surface area contributed by atoms with Crippen molar-refractivity contribution in [2.45, 2.75) is 57.9 Å². The lowest BCUT2D eigenvalue weighted by molar-refractivity contribution is 0.296. The van der Waals surface area contributed by atoms with Gasteiger partial charge in [-0.25, -0.2) is 0 Å². The Labute approximate surface area is 104 Å². The van der Waals surface area contributed by atoms with Crippen LogP contribution in [0.2, 0.25) is 0 Å². The lowest BCUT2D eigenvalue weighted by atomic mass is 9.82. The summed E-state index contributed by atoms with van der Waals surface area (Å²) in [5.41, 5.74) is 8.13. The first-order valence-corrected chi connectivity index (χ1v) is 6.66. The Morgan fingerprint density at radius 3 is 2.71 bits per heavy atom. The number of hydrogen-bond acceptors (Lipinski definition) is 2. The van der Waals surface area contributed by atoms with E-state index >= 15 is 0 Å². The molecule has 96 valence electrons. The predicted molar refractivity (Wildman–Crippen MR) is 70.7 cm³/mol. The lowest BCUT2D eigenvalue weighted by Gasteiger charge is -2.28. The van der Waals surface area contributed by atoms with E-state index in [9.17, 15) is 0 Å². The summed E-state index contributed by atoms with van der Waals surface area (Å²) < 4.78 is 1.86. The highest BCUT2D eigenvalue weighted by Crippen LogP contribution is 2.38. The molecule has 17 heavy (non-hydrogen) atoms. The van der Waals surface area contributed by atoms with Gasteiger partial charge in [0.15, 0.2) is 0 Å². The molecule has 0 saturated heterocycles. The van der Waals surface area contributed by atoms with E-state index in [1.165, 1.54) is 19.3 Å². The summed E-state index contributed by atoms with van der Waals surface area (Å²) in [4.78, 5) is 0. The molecule has 2 rings (SSSR count). The number of aryl methyl sites for hydroxylation is 1. The Morgan fingerprint density at radius 2 is 2.06 bits per heavy atom. The van der Waals surface area contributed by atoms with Crippen LogP contribution >= 0.6 is 0 Å². The summed E-state index contributed by atoms with van der Waals surface area (Å²) in [5, 5.41) is 4.45. The molecule has 1 saturated carbocycles. The van der Waals surface area contributed by atoms with Gasteiger partial charge >= 0.3 is 0 Å². The van der Waals surface area contributed by atoms with E-state index in [1.54, 1.807) is 0 Å². The molecule has 1 fully saturated rings. The largest absolute Gasteiger partial charge is 0.325 e. The number of nitrogens with zero attached hydrogens (tertiary/aromatic N) is 2. The molecule has 1 aromatic heterocycles. The van der Waals surface area contributed by atoms with Crippen molar-refractivity contribution in [1.82, 2.24) is 9.78 Å². The Morgan fingerprint density at radius 1 is 1.29 bits per heavy atom. The first-order chi connectivity index (χ1) is 7.89. The van der Waals surface area contributed by atoms with Crippen LogP contribution in [-0.2, 0) is 13.5 Å². The molecule has 0 amide bonds. The van der Waals surface area contributed by atoms with Gasteiger partial charge in [-0.1, -0.05) is 20.3 Å². The second-order valence-corrected chi connectivity index (χ2v) is 6.54. The van der Waals surface area contributed by atoms with Crippen LogP contribution in [0.15, 0.2) is 12.3 Å². The van der Waals surface area contributed by atoms with Crippen LogP contribution in [0.4, 0.5) is 0 Å². The average Bonchev–Trinajstić information content (AvgIpc) is 2.55. The fourth-order valence-electron chi connectivity index (χ4n) is 2.85. The lowest BCUT2D eigenvalue weighted by Crippen LogP contribution is -2.41. The van der Waals surface area contributed by atoms with Crippen LogP contribution in [0.25, 0.3) is 0 Å².